The number of hydrogen-bond acceptors (Lipinski definition) is 2. The van der Waals surface area contributed by atoms with Gasteiger partial charge in [-0.25, -0.2) is 0 Å². The van der Waals surface area contributed by atoms with Gasteiger partial charge in [0.05, 0.1) is 0 Å². The molecule has 4 heteroatoms. The van der Waals surface area contributed by atoms with Gasteiger partial charge in [0.1, 0.15) is 12.4 Å². The summed E-state index contributed by atoms with van der Waals surface area (Å²) >= 11 is 12.2. The van der Waals surface area contributed by atoms with Crippen molar-refractivity contribution in [3.8, 4) is 5.75 Å². The molecule has 2 aromatic carbocycles. The zero-order valence-corrected chi connectivity index (χ0v) is 12.1. The van der Waals surface area contributed by atoms with Crippen LogP contribution in [0.1, 0.15) is 24.1 Å². The number of benzene rings is 2. The normalized spacial score (nSPS) is 12.2. The summed E-state index contributed by atoms with van der Waals surface area (Å²) in [5.74, 6) is 0.764. The summed E-state index contributed by atoms with van der Waals surface area (Å²) in [6.07, 6.45) is 0. The first-order chi connectivity index (χ1) is 9.08. The summed E-state index contributed by atoms with van der Waals surface area (Å²) in [6.45, 7) is 2.29. The number of rotatable bonds is 4. The molecule has 0 spiro atoms. The fourth-order valence-corrected chi connectivity index (χ4v) is 2.20. The molecular formula is C15H15Cl2NO. The largest absolute Gasteiger partial charge is 0.489 e. The molecule has 0 saturated carbocycles. The zero-order chi connectivity index (χ0) is 13.8. The highest BCUT2D eigenvalue weighted by molar-refractivity contribution is 6.35. The Morgan fingerprint density at radius 1 is 1.05 bits per heavy atom. The molecule has 19 heavy (non-hydrogen) atoms. The topological polar surface area (TPSA) is 35.2 Å². The number of nitrogens with two attached hydrogens (primary N) is 1. The van der Waals surface area contributed by atoms with E-state index in [1.807, 2.05) is 37.3 Å². The summed E-state index contributed by atoms with van der Waals surface area (Å²) in [4.78, 5) is 0. The second-order valence-corrected chi connectivity index (χ2v) is 5.16. The minimum absolute atomic E-state index is 0.0204. The maximum absolute atomic E-state index is 6.08. The third kappa shape index (κ3) is 3.63. The lowest BCUT2D eigenvalue weighted by Crippen LogP contribution is -2.04. The Hall–Kier alpha value is -1.22. The Morgan fingerprint density at radius 3 is 2.16 bits per heavy atom. The Balaban J connectivity index is 2.06. The van der Waals surface area contributed by atoms with Crippen LogP contribution in [0.2, 0.25) is 10.0 Å². The molecule has 2 rings (SSSR count). The number of ether oxygens (including phenoxy) is 1. The van der Waals surface area contributed by atoms with E-state index in [2.05, 4.69) is 0 Å². The van der Waals surface area contributed by atoms with Crippen molar-refractivity contribution in [2.45, 2.75) is 19.6 Å². The predicted molar refractivity (Wildman–Crippen MR) is 79.8 cm³/mol. The molecule has 2 N–H and O–H groups in total. The van der Waals surface area contributed by atoms with Crippen LogP contribution in [-0.4, -0.2) is 0 Å². The van der Waals surface area contributed by atoms with Gasteiger partial charge in [0.15, 0.2) is 0 Å². The third-order valence-corrected chi connectivity index (χ3v) is 3.56. The van der Waals surface area contributed by atoms with Crippen LogP contribution in [0.15, 0.2) is 42.5 Å². The SMILES string of the molecule is CC(N)c1ccc(OCc2c(Cl)cccc2Cl)cc1. The summed E-state index contributed by atoms with van der Waals surface area (Å²) in [5.41, 5.74) is 7.66. The summed E-state index contributed by atoms with van der Waals surface area (Å²) in [7, 11) is 0. The van der Waals surface area contributed by atoms with Crippen LogP contribution in [0.3, 0.4) is 0 Å². The van der Waals surface area contributed by atoms with Gasteiger partial charge in [-0.15, -0.1) is 0 Å². The fraction of sp³-hybridized carbons (Fsp3) is 0.200. The molecule has 0 heterocycles. The summed E-state index contributed by atoms with van der Waals surface area (Å²) < 4.78 is 5.68. The van der Waals surface area contributed by atoms with Gasteiger partial charge in [-0.2, -0.15) is 0 Å². The third-order valence-electron chi connectivity index (χ3n) is 2.85. The van der Waals surface area contributed by atoms with Crippen molar-refractivity contribution in [3.05, 3.63) is 63.6 Å². The lowest BCUT2D eigenvalue weighted by Gasteiger charge is -2.11. The van der Waals surface area contributed by atoms with Gasteiger partial charge < -0.3 is 10.5 Å². The molecule has 0 saturated heterocycles. The van der Waals surface area contributed by atoms with E-state index in [-0.39, 0.29) is 6.04 Å². The second-order valence-electron chi connectivity index (χ2n) is 4.35. The summed E-state index contributed by atoms with van der Waals surface area (Å²) in [6, 6.07) is 13.1. The lowest BCUT2D eigenvalue weighted by atomic mass is 10.1. The van der Waals surface area contributed by atoms with E-state index in [0.717, 1.165) is 16.9 Å². The highest BCUT2D eigenvalue weighted by Gasteiger charge is 2.06. The standard InChI is InChI=1S/C15H15Cl2NO/c1-10(18)11-5-7-12(8-6-11)19-9-13-14(16)3-2-4-15(13)17/h2-8,10H,9,18H2,1H3. The minimum Gasteiger partial charge on any atom is -0.489 e. The van der Waals surface area contributed by atoms with Crippen molar-refractivity contribution in [1.29, 1.82) is 0 Å². The van der Waals surface area contributed by atoms with Crippen LogP contribution in [0, 0.1) is 0 Å². The van der Waals surface area contributed by atoms with E-state index in [0.29, 0.717) is 16.7 Å². The minimum atomic E-state index is 0.0204. The van der Waals surface area contributed by atoms with Gasteiger partial charge in [-0.3, -0.25) is 0 Å². The Labute approximate surface area is 123 Å². The molecule has 0 bridgehead atoms. The van der Waals surface area contributed by atoms with Crippen molar-refractivity contribution >= 4 is 23.2 Å². The van der Waals surface area contributed by atoms with E-state index in [1.54, 1.807) is 12.1 Å². The summed E-state index contributed by atoms with van der Waals surface area (Å²) in [5, 5.41) is 1.22. The second kappa shape index (κ2) is 6.29. The van der Waals surface area contributed by atoms with Crippen LogP contribution in [-0.2, 0) is 6.61 Å². The van der Waals surface area contributed by atoms with Gasteiger partial charge in [-0.1, -0.05) is 41.4 Å². The van der Waals surface area contributed by atoms with Crippen LogP contribution in [0.4, 0.5) is 0 Å². The molecule has 0 fully saturated rings. The highest BCUT2D eigenvalue weighted by Crippen LogP contribution is 2.26. The van der Waals surface area contributed by atoms with Crippen LogP contribution in [0.5, 0.6) is 5.75 Å². The predicted octanol–water partition coefficient (Wildman–Crippen LogP) is 4.59. The van der Waals surface area contributed by atoms with Crippen LogP contribution < -0.4 is 10.5 Å². The first kappa shape index (κ1) is 14.2. The van der Waals surface area contributed by atoms with Crippen molar-refractivity contribution in [3.63, 3.8) is 0 Å². The van der Waals surface area contributed by atoms with Crippen LogP contribution >= 0.6 is 23.2 Å². The molecule has 100 valence electrons. The quantitative estimate of drug-likeness (QED) is 0.895. The first-order valence-corrected chi connectivity index (χ1v) is 6.74. The van der Waals surface area contributed by atoms with E-state index < -0.39 is 0 Å². The van der Waals surface area contributed by atoms with Crippen molar-refractivity contribution < 1.29 is 4.74 Å². The number of hydrogen-bond donors (Lipinski definition) is 1. The Kier molecular flexibility index (Phi) is 4.70. The zero-order valence-electron chi connectivity index (χ0n) is 10.6. The van der Waals surface area contributed by atoms with Crippen molar-refractivity contribution in [2.24, 2.45) is 5.73 Å². The molecule has 2 aromatic rings. The van der Waals surface area contributed by atoms with Gasteiger partial charge in [0.2, 0.25) is 0 Å². The molecule has 1 atom stereocenters. The molecule has 0 aliphatic rings. The highest BCUT2D eigenvalue weighted by atomic mass is 35.5. The van der Waals surface area contributed by atoms with E-state index >= 15 is 0 Å². The molecule has 0 aliphatic heterocycles. The Morgan fingerprint density at radius 2 is 1.63 bits per heavy atom. The van der Waals surface area contributed by atoms with E-state index in [9.17, 15) is 0 Å². The van der Waals surface area contributed by atoms with Gasteiger partial charge >= 0.3 is 0 Å². The first-order valence-electron chi connectivity index (χ1n) is 5.99. The smallest absolute Gasteiger partial charge is 0.119 e. The molecule has 0 aliphatic carbocycles. The van der Waals surface area contributed by atoms with Gasteiger partial charge in [-0.05, 0) is 36.8 Å². The average Bonchev–Trinajstić information content (AvgIpc) is 2.38. The van der Waals surface area contributed by atoms with E-state index in [1.165, 1.54) is 0 Å². The molecule has 1 unspecified atom stereocenters. The number of halogens is 2. The molecular weight excluding hydrogens is 281 g/mol. The molecule has 2 nitrogen and oxygen atoms in total. The molecule has 0 radical (unpaired) electrons. The van der Waals surface area contributed by atoms with Gasteiger partial charge in [0.25, 0.3) is 0 Å². The molecule has 0 amide bonds. The maximum atomic E-state index is 6.08. The lowest BCUT2D eigenvalue weighted by molar-refractivity contribution is 0.306. The van der Waals surface area contributed by atoms with Crippen LogP contribution in [0.25, 0.3) is 0 Å². The molecule has 0 aromatic heterocycles. The van der Waals surface area contributed by atoms with Gasteiger partial charge in [0, 0.05) is 21.7 Å². The van der Waals surface area contributed by atoms with Crippen molar-refractivity contribution in [2.75, 3.05) is 0 Å². The monoisotopic (exact) mass is 295 g/mol. The maximum Gasteiger partial charge on any atom is 0.119 e. The Bertz CT molecular complexity index is 532. The van der Waals surface area contributed by atoms with E-state index in [4.69, 9.17) is 33.7 Å². The fourth-order valence-electron chi connectivity index (χ4n) is 1.69. The average molecular weight is 296 g/mol. The van der Waals surface area contributed by atoms with Crippen molar-refractivity contribution in [1.82, 2.24) is 0 Å².